The minimum atomic E-state index is -0.448. The fourth-order valence-corrected chi connectivity index (χ4v) is 2.14. The first-order valence-electron chi connectivity index (χ1n) is 5.24. The number of thiophene rings is 1. The molecule has 1 amide bonds. The lowest BCUT2D eigenvalue weighted by Gasteiger charge is -2.06. The number of amides is 1. The number of hydrogen-bond acceptors (Lipinski definition) is 2. The summed E-state index contributed by atoms with van der Waals surface area (Å²) in [5.74, 6) is -0.823. The first-order chi connectivity index (χ1) is 8.18. The van der Waals surface area contributed by atoms with Crippen LogP contribution in [0, 0.1) is 12.7 Å². The highest BCUT2D eigenvalue weighted by Crippen LogP contribution is 2.12. The highest BCUT2D eigenvalue weighted by Gasteiger charge is 2.12. The Morgan fingerprint density at radius 3 is 2.88 bits per heavy atom. The molecule has 1 aromatic carbocycles. The highest BCUT2D eigenvalue weighted by molar-refractivity contribution is 7.09. The molecule has 0 unspecified atom stereocenters. The molecule has 2 aromatic rings. The number of benzene rings is 1. The zero-order chi connectivity index (χ0) is 12.3. The average Bonchev–Trinajstić information content (AvgIpc) is 2.82. The first kappa shape index (κ1) is 11.8. The summed E-state index contributed by atoms with van der Waals surface area (Å²) in [5, 5.41) is 4.64. The maximum absolute atomic E-state index is 13.7. The second kappa shape index (κ2) is 5.10. The summed E-state index contributed by atoms with van der Waals surface area (Å²) in [7, 11) is 0. The molecule has 0 aliphatic heterocycles. The zero-order valence-electron chi connectivity index (χ0n) is 9.37. The van der Waals surface area contributed by atoms with Gasteiger partial charge in [-0.15, -0.1) is 11.3 Å². The van der Waals surface area contributed by atoms with E-state index in [0.717, 1.165) is 4.88 Å². The van der Waals surface area contributed by atoms with Crippen molar-refractivity contribution in [2.24, 2.45) is 0 Å². The largest absolute Gasteiger partial charge is 0.347 e. The van der Waals surface area contributed by atoms with Crippen LogP contribution >= 0.6 is 11.3 Å². The lowest BCUT2D eigenvalue weighted by atomic mass is 10.1. The van der Waals surface area contributed by atoms with Gasteiger partial charge in [0.1, 0.15) is 5.82 Å². The van der Waals surface area contributed by atoms with E-state index in [1.54, 1.807) is 30.4 Å². The maximum atomic E-state index is 13.7. The summed E-state index contributed by atoms with van der Waals surface area (Å²) >= 11 is 1.56. The van der Waals surface area contributed by atoms with Gasteiger partial charge in [0, 0.05) is 4.88 Å². The quantitative estimate of drug-likeness (QED) is 0.889. The Morgan fingerprint density at radius 1 is 1.35 bits per heavy atom. The van der Waals surface area contributed by atoms with Crippen LogP contribution in [0.5, 0.6) is 0 Å². The molecule has 0 saturated heterocycles. The molecule has 0 saturated carbocycles. The second-order valence-corrected chi connectivity index (χ2v) is 4.73. The smallest absolute Gasteiger partial charge is 0.254 e. The Kier molecular flexibility index (Phi) is 3.54. The van der Waals surface area contributed by atoms with Crippen molar-refractivity contribution in [3.8, 4) is 0 Å². The molecule has 0 aliphatic carbocycles. The molecular weight excluding hydrogens is 237 g/mol. The molecule has 1 N–H and O–H groups in total. The van der Waals surface area contributed by atoms with Gasteiger partial charge in [0.25, 0.3) is 5.91 Å². The van der Waals surface area contributed by atoms with Crippen LogP contribution in [-0.4, -0.2) is 5.91 Å². The normalized spacial score (nSPS) is 10.2. The van der Waals surface area contributed by atoms with Crippen LogP contribution in [0.3, 0.4) is 0 Å². The van der Waals surface area contributed by atoms with E-state index < -0.39 is 5.82 Å². The fourth-order valence-electron chi connectivity index (χ4n) is 1.50. The molecule has 1 aromatic heterocycles. The summed E-state index contributed by atoms with van der Waals surface area (Å²) < 4.78 is 13.7. The van der Waals surface area contributed by atoms with Crippen LogP contribution in [0.25, 0.3) is 0 Å². The molecule has 0 fully saturated rings. The number of rotatable bonds is 3. The Bertz CT molecular complexity index is 522. The summed E-state index contributed by atoms with van der Waals surface area (Å²) in [5.41, 5.74) is 0.579. The highest BCUT2D eigenvalue weighted by atomic mass is 32.1. The number of hydrogen-bond donors (Lipinski definition) is 1. The Labute approximate surface area is 103 Å². The Balaban J connectivity index is 2.07. The number of nitrogens with one attached hydrogen (secondary N) is 1. The molecule has 2 rings (SSSR count). The third kappa shape index (κ3) is 2.71. The van der Waals surface area contributed by atoms with Crippen LogP contribution in [0.4, 0.5) is 4.39 Å². The SMILES string of the molecule is Cc1cccc(C(=O)NCc2cccs2)c1F. The molecule has 2 nitrogen and oxygen atoms in total. The number of halogens is 1. The minimum absolute atomic E-state index is 0.0987. The fraction of sp³-hybridized carbons (Fsp3) is 0.154. The predicted molar refractivity (Wildman–Crippen MR) is 66.6 cm³/mol. The topological polar surface area (TPSA) is 29.1 Å². The summed E-state index contributed by atoms with van der Waals surface area (Å²) in [6, 6.07) is 8.66. The zero-order valence-corrected chi connectivity index (χ0v) is 10.2. The third-order valence-electron chi connectivity index (χ3n) is 2.44. The van der Waals surface area contributed by atoms with Gasteiger partial charge in [-0.05, 0) is 30.0 Å². The molecule has 0 bridgehead atoms. The van der Waals surface area contributed by atoms with E-state index in [9.17, 15) is 9.18 Å². The summed E-state index contributed by atoms with van der Waals surface area (Å²) in [6.07, 6.45) is 0. The van der Waals surface area contributed by atoms with E-state index >= 15 is 0 Å². The van der Waals surface area contributed by atoms with Gasteiger partial charge in [-0.25, -0.2) is 4.39 Å². The van der Waals surface area contributed by atoms with Crippen LogP contribution in [-0.2, 0) is 6.54 Å². The van der Waals surface area contributed by atoms with Crippen molar-refractivity contribution < 1.29 is 9.18 Å². The van der Waals surface area contributed by atoms with Crippen LogP contribution in [0.15, 0.2) is 35.7 Å². The standard InChI is InChI=1S/C13H12FNOS/c1-9-4-2-6-11(12(9)14)13(16)15-8-10-5-3-7-17-10/h2-7H,8H2,1H3,(H,15,16). The van der Waals surface area contributed by atoms with E-state index in [4.69, 9.17) is 0 Å². The van der Waals surface area contributed by atoms with E-state index in [-0.39, 0.29) is 11.5 Å². The molecule has 1 heterocycles. The Hall–Kier alpha value is -1.68. The predicted octanol–water partition coefficient (Wildman–Crippen LogP) is 3.13. The summed E-state index contributed by atoms with van der Waals surface area (Å²) in [6.45, 7) is 2.08. The molecule has 88 valence electrons. The van der Waals surface area contributed by atoms with Gasteiger partial charge >= 0.3 is 0 Å². The van der Waals surface area contributed by atoms with Crippen molar-refractivity contribution in [2.75, 3.05) is 0 Å². The number of aryl methyl sites for hydroxylation is 1. The monoisotopic (exact) mass is 249 g/mol. The molecule has 0 atom stereocenters. The lowest BCUT2D eigenvalue weighted by molar-refractivity contribution is 0.0947. The van der Waals surface area contributed by atoms with Crippen molar-refractivity contribution in [3.05, 3.63) is 57.5 Å². The van der Waals surface area contributed by atoms with Crippen molar-refractivity contribution >= 4 is 17.2 Å². The van der Waals surface area contributed by atoms with Gasteiger partial charge in [0.2, 0.25) is 0 Å². The third-order valence-corrected chi connectivity index (χ3v) is 3.32. The van der Waals surface area contributed by atoms with Crippen LogP contribution < -0.4 is 5.32 Å². The molecule has 0 spiro atoms. The van der Waals surface area contributed by atoms with Crippen LogP contribution in [0.2, 0.25) is 0 Å². The van der Waals surface area contributed by atoms with Gasteiger partial charge in [0.15, 0.2) is 0 Å². The minimum Gasteiger partial charge on any atom is -0.347 e. The van der Waals surface area contributed by atoms with E-state index in [1.807, 2.05) is 17.5 Å². The summed E-state index contributed by atoms with van der Waals surface area (Å²) in [4.78, 5) is 12.8. The number of carbonyl (C=O) groups excluding carboxylic acids is 1. The van der Waals surface area contributed by atoms with Crippen molar-refractivity contribution in [1.29, 1.82) is 0 Å². The Morgan fingerprint density at radius 2 is 2.18 bits per heavy atom. The molecule has 0 aliphatic rings. The molecule has 4 heteroatoms. The van der Waals surface area contributed by atoms with Gasteiger partial charge < -0.3 is 5.32 Å². The molecule has 17 heavy (non-hydrogen) atoms. The maximum Gasteiger partial charge on any atom is 0.254 e. The van der Waals surface area contributed by atoms with E-state index in [2.05, 4.69) is 5.32 Å². The molecule has 0 radical (unpaired) electrons. The van der Waals surface area contributed by atoms with Crippen LogP contribution in [0.1, 0.15) is 20.8 Å². The van der Waals surface area contributed by atoms with Crippen molar-refractivity contribution in [3.63, 3.8) is 0 Å². The van der Waals surface area contributed by atoms with Gasteiger partial charge in [-0.2, -0.15) is 0 Å². The number of carbonyl (C=O) groups is 1. The average molecular weight is 249 g/mol. The van der Waals surface area contributed by atoms with E-state index in [1.165, 1.54) is 6.07 Å². The first-order valence-corrected chi connectivity index (χ1v) is 6.12. The van der Waals surface area contributed by atoms with Gasteiger partial charge in [0.05, 0.1) is 12.1 Å². The molecular formula is C13H12FNOS. The van der Waals surface area contributed by atoms with Gasteiger partial charge in [-0.1, -0.05) is 18.2 Å². The van der Waals surface area contributed by atoms with E-state index in [0.29, 0.717) is 12.1 Å². The second-order valence-electron chi connectivity index (χ2n) is 3.70. The lowest BCUT2D eigenvalue weighted by Crippen LogP contribution is -2.23. The van der Waals surface area contributed by atoms with Gasteiger partial charge in [-0.3, -0.25) is 4.79 Å². The van der Waals surface area contributed by atoms with Crippen molar-refractivity contribution in [1.82, 2.24) is 5.32 Å². The van der Waals surface area contributed by atoms with Crippen molar-refractivity contribution in [2.45, 2.75) is 13.5 Å².